The molecule has 0 unspecified atom stereocenters. The number of anilines is 1. The fourth-order valence-corrected chi connectivity index (χ4v) is 4.25. The topological polar surface area (TPSA) is 44.9 Å². The van der Waals surface area contributed by atoms with Crippen molar-refractivity contribution in [1.29, 1.82) is 0 Å². The smallest absolute Gasteiger partial charge is 0.256 e. The number of hydrogen-bond acceptors (Lipinski definition) is 1. The van der Waals surface area contributed by atoms with Crippen LogP contribution in [0.25, 0.3) is 11.6 Å². The summed E-state index contributed by atoms with van der Waals surface area (Å²) in [5.74, 6) is 0.460. The van der Waals surface area contributed by atoms with Gasteiger partial charge in [-0.3, -0.25) is 4.79 Å². The highest BCUT2D eigenvalue weighted by atomic mass is 16.2. The number of carbonyl (C=O) groups is 1. The van der Waals surface area contributed by atoms with E-state index in [1.807, 2.05) is 6.07 Å². The molecule has 3 nitrogen and oxygen atoms in total. The third-order valence-electron chi connectivity index (χ3n) is 5.51. The Labute approximate surface area is 149 Å². The van der Waals surface area contributed by atoms with E-state index in [-0.39, 0.29) is 5.91 Å². The van der Waals surface area contributed by atoms with Gasteiger partial charge in [0.05, 0.1) is 5.57 Å². The molecular formula is C22H26N2O. The molecule has 0 saturated heterocycles. The number of H-pyrrole nitrogens is 1. The average Bonchev–Trinajstić information content (AvgIpc) is 3.12. The van der Waals surface area contributed by atoms with Crippen LogP contribution in [0.4, 0.5) is 5.69 Å². The minimum absolute atomic E-state index is 0.00512. The lowest BCUT2D eigenvalue weighted by atomic mass is 9.89. The second-order valence-electron chi connectivity index (χ2n) is 7.52. The third-order valence-corrected chi connectivity index (χ3v) is 5.51. The van der Waals surface area contributed by atoms with E-state index in [4.69, 9.17) is 0 Å². The van der Waals surface area contributed by atoms with Crippen molar-refractivity contribution >= 4 is 23.2 Å². The van der Waals surface area contributed by atoms with Gasteiger partial charge in [0.2, 0.25) is 0 Å². The van der Waals surface area contributed by atoms with Crippen LogP contribution in [0, 0.1) is 0 Å². The summed E-state index contributed by atoms with van der Waals surface area (Å²) in [6.45, 7) is 6.64. The summed E-state index contributed by atoms with van der Waals surface area (Å²) in [7, 11) is 0. The molecule has 3 heteroatoms. The van der Waals surface area contributed by atoms with E-state index in [0.29, 0.717) is 5.92 Å². The van der Waals surface area contributed by atoms with Gasteiger partial charge >= 0.3 is 0 Å². The van der Waals surface area contributed by atoms with Crippen LogP contribution in [0.3, 0.4) is 0 Å². The fourth-order valence-electron chi connectivity index (χ4n) is 4.25. The molecule has 0 radical (unpaired) electrons. The van der Waals surface area contributed by atoms with Gasteiger partial charge in [-0.15, -0.1) is 0 Å². The first kappa shape index (κ1) is 16.2. The summed E-state index contributed by atoms with van der Waals surface area (Å²) in [6.07, 6.45) is 7.86. The molecule has 2 N–H and O–H groups in total. The largest absolute Gasteiger partial charge is 0.358 e. The Morgan fingerprint density at radius 1 is 1.20 bits per heavy atom. The number of nitrogens with one attached hydrogen (secondary N) is 2. The van der Waals surface area contributed by atoms with Crippen LogP contribution in [0.2, 0.25) is 0 Å². The van der Waals surface area contributed by atoms with Crippen molar-refractivity contribution in [3.05, 3.63) is 51.8 Å². The molecule has 2 aromatic rings. The maximum atomic E-state index is 12.6. The monoisotopic (exact) mass is 334 g/mol. The van der Waals surface area contributed by atoms with Crippen molar-refractivity contribution in [2.45, 2.75) is 58.8 Å². The summed E-state index contributed by atoms with van der Waals surface area (Å²) < 4.78 is 0. The van der Waals surface area contributed by atoms with Crippen molar-refractivity contribution in [2.75, 3.05) is 5.32 Å². The number of aromatic amines is 1. The van der Waals surface area contributed by atoms with Crippen LogP contribution in [0.1, 0.15) is 73.2 Å². The van der Waals surface area contributed by atoms with Crippen LogP contribution in [-0.4, -0.2) is 10.9 Å². The number of carbonyl (C=O) groups excluding carboxylic acids is 1. The molecule has 2 aliphatic rings. The van der Waals surface area contributed by atoms with Gasteiger partial charge in [-0.1, -0.05) is 26.8 Å². The first-order valence-corrected chi connectivity index (χ1v) is 9.48. The zero-order chi connectivity index (χ0) is 17.6. The molecule has 1 aliphatic carbocycles. The Hall–Kier alpha value is -2.29. The Morgan fingerprint density at radius 2 is 2.00 bits per heavy atom. The molecule has 4 rings (SSSR count). The number of amides is 1. The van der Waals surface area contributed by atoms with Gasteiger partial charge in [0, 0.05) is 22.6 Å². The van der Waals surface area contributed by atoms with Gasteiger partial charge < -0.3 is 10.3 Å². The summed E-state index contributed by atoms with van der Waals surface area (Å²) >= 11 is 0. The molecule has 0 saturated carbocycles. The predicted molar refractivity (Wildman–Crippen MR) is 104 cm³/mol. The second-order valence-corrected chi connectivity index (χ2v) is 7.52. The Balaban J connectivity index is 1.85. The summed E-state index contributed by atoms with van der Waals surface area (Å²) in [6, 6.07) is 6.27. The molecule has 1 aromatic carbocycles. The van der Waals surface area contributed by atoms with Crippen molar-refractivity contribution in [1.82, 2.24) is 4.98 Å². The van der Waals surface area contributed by atoms with Gasteiger partial charge in [-0.2, -0.15) is 0 Å². The lowest BCUT2D eigenvalue weighted by Gasteiger charge is -2.14. The van der Waals surface area contributed by atoms with E-state index >= 15 is 0 Å². The average molecular weight is 334 g/mol. The number of aromatic nitrogens is 1. The Morgan fingerprint density at radius 3 is 2.76 bits per heavy atom. The van der Waals surface area contributed by atoms with E-state index in [1.54, 1.807) is 0 Å². The number of fused-ring (bicyclic) bond motifs is 2. The standard InChI is InChI=1S/C22H26N2O/c1-4-14-9-10-19-16(11-14)17(22(25)24-19)12-20-21(13(2)3)15-7-5-6-8-18(15)23-20/h9-13,23H,4-8H2,1-3H3,(H,24,25). The lowest BCUT2D eigenvalue weighted by Crippen LogP contribution is -2.04. The van der Waals surface area contributed by atoms with E-state index in [1.165, 1.54) is 35.2 Å². The summed E-state index contributed by atoms with van der Waals surface area (Å²) in [4.78, 5) is 16.2. The van der Waals surface area contributed by atoms with Crippen LogP contribution < -0.4 is 5.32 Å². The highest BCUT2D eigenvalue weighted by molar-refractivity contribution is 6.34. The Kier molecular flexibility index (Phi) is 4.03. The molecular weight excluding hydrogens is 308 g/mol. The molecule has 0 bridgehead atoms. The van der Waals surface area contributed by atoms with Crippen LogP contribution in [0.5, 0.6) is 0 Å². The number of rotatable bonds is 3. The number of benzene rings is 1. The molecule has 0 spiro atoms. The fraction of sp³-hybridized carbons (Fsp3) is 0.409. The van der Waals surface area contributed by atoms with Crippen molar-refractivity contribution in [2.24, 2.45) is 0 Å². The third kappa shape index (κ3) is 2.72. The van der Waals surface area contributed by atoms with Gasteiger partial charge in [0.1, 0.15) is 0 Å². The minimum atomic E-state index is 0.00512. The highest BCUT2D eigenvalue weighted by Crippen LogP contribution is 2.37. The Bertz CT molecular complexity index is 870. The first-order chi connectivity index (χ1) is 12.1. The quantitative estimate of drug-likeness (QED) is 0.756. The SMILES string of the molecule is CCc1ccc2c(c1)C(=Cc1[nH]c3c(c1C(C)C)CCCC3)C(=O)N2. The zero-order valence-electron chi connectivity index (χ0n) is 15.3. The first-order valence-electron chi connectivity index (χ1n) is 9.48. The van der Waals surface area contributed by atoms with E-state index in [2.05, 4.69) is 49.3 Å². The molecule has 1 aliphatic heterocycles. The van der Waals surface area contributed by atoms with Crippen LogP contribution in [-0.2, 0) is 24.1 Å². The van der Waals surface area contributed by atoms with E-state index in [9.17, 15) is 4.79 Å². The highest BCUT2D eigenvalue weighted by Gasteiger charge is 2.27. The van der Waals surface area contributed by atoms with Gasteiger partial charge in [-0.05, 0) is 72.9 Å². The zero-order valence-corrected chi connectivity index (χ0v) is 15.3. The molecule has 130 valence electrons. The molecule has 2 heterocycles. The molecule has 0 atom stereocenters. The second kappa shape index (κ2) is 6.21. The van der Waals surface area contributed by atoms with Crippen molar-refractivity contribution in [3.63, 3.8) is 0 Å². The minimum Gasteiger partial charge on any atom is -0.358 e. The maximum Gasteiger partial charge on any atom is 0.256 e. The molecule has 25 heavy (non-hydrogen) atoms. The van der Waals surface area contributed by atoms with Gasteiger partial charge in [-0.25, -0.2) is 0 Å². The maximum absolute atomic E-state index is 12.6. The summed E-state index contributed by atoms with van der Waals surface area (Å²) in [5.41, 5.74) is 9.40. The molecule has 0 fully saturated rings. The number of aryl methyl sites for hydroxylation is 2. The molecule has 1 amide bonds. The van der Waals surface area contributed by atoms with Gasteiger partial charge in [0.25, 0.3) is 5.91 Å². The van der Waals surface area contributed by atoms with Crippen molar-refractivity contribution < 1.29 is 4.79 Å². The normalized spacial score (nSPS) is 17.8. The predicted octanol–water partition coefficient (Wildman–Crippen LogP) is 5.07. The lowest BCUT2D eigenvalue weighted by molar-refractivity contribution is -0.110. The molecule has 1 aromatic heterocycles. The van der Waals surface area contributed by atoms with E-state index in [0.717, 1.165) is 41.8 Å². The number of hydrogen-bond donors (Lipinski definition) is 2. The van der Waals surface area contributed by atoms with Crippen LogP contribution in [0.15, 0.2) is 18.2 Å². The summed E-state index contributed by atoms with van der Waals surface area (Å²) in [5, 5.41) is 3.01. The van der Waals surface area contributed by atoms with E-state index < -0.39 is 0 Å². The van der Waals surface area contributed by atoms with Gasteiger partial charge in [0.15, 0.2) is 0 Å². The van der Waals surface area contributed by atoms with Crippen LogP contribution >= 0.6 is 0 Å². The van der Waals surface area contributed by atoms with Crippen molar-refractivity contribution in [3.8, 4) is 0 Å².